The van der Waals surface area contributed by atoms with Gasteiger partial charge in [0.1, 0.15) is 12.4 Å². The summed E-state index contributed by atoms with van der Waals surface area (Å²) in [6, 6.07) is 7.09. The van der Waals surface area contributed by atoms with Gasteiger partial charge < -0.3 is 10.1 Å². The Morgan fingerprint density at radius 2 is 2.30 bits per heavy atom. The molecule has 0 saturated carbocycles. The van der Waals surface area contributed by atoms with Crippen molar-refractivity contribution >= 4 is 21.6 Å². The van der Waals surface area contributed by atoms with E-state index in [1.807, 2.05) is 0 Å². The normalized spacial score (nSPS) is 19.1. The lowest BCUT2D eigenvalue weighted by atomic mass is 9.98. The molecule has 0 radical (unpaired) electrons. The average molecular weight is 338 g/mol. The smallest absolute Gasteiger partial charge is 0.228 e. The molecule has 7 heteroatoms. The first-order valence-corrected chi connectivity index (χ1v) is 9.34. The van der Waals surface area contributed by atoms with Crippen LogP contribution in [0.4, 0.5) is 5.69 Å². The number of benzene rings is 1. The fourth-order valence-electron chi connectivity index (χ4n) is 2.52. The third kappa shape index (κ3) is 5.07. The minimum absolute atomic E-state index is 0.167. The molecule has 0 aliphatic carbocycles. The summed E-state index contributed by atoms with van der Waals surface area (Å²) in [5.74, 6) is 0.138. The molecule has 0 unspecified atom stereocenters. The van der Waals surface area contributed by atoms with Crippen LogP contribution in [-0.2, 0) is 14.8 Å². The number of carbonyl (C=O) groups is 1. The van der Waals surface area contributed by atoms with Gasteiger partial charge >= 0.3 is 0 Å². The second-order valence-electron chi connectivity index (χ2n) is 5.58. The first-order valence-electron chi connectivity index (χ1n) is 7.50. The van der Waals surface area contributed by atoms with Crippen LogP contribution in [0.5, 0.6) is 5.75 Å². The van der Waals surface area contributed by atoms with Crippen molar-refractivity contribution in [3.8, 4) is 5.75 Å². The first-order chi connectivity index (χ1) is 10.9. The Balaban J connectivity index is 2.00. The highest BCUT2D eigenvalue weighted by atomic mass is 32.2. The van der Waals surface area contributed by atoms with Crippen LogP contribution in [0.25, 0.3) is 0 Å². The Kier molecular flexibility index (Phi) is 5.79. The van der Waals surface area contributed by atoms with Gasteiger partial charge in [-0.1, -0.05) is 18.7 Å². The van der Waals surface area contributed by atoms with Crippen molar-refractivity contribution in [1.29, 1.82) is 0 Å². The van der Waals surface area contributed by atoms with Crippen LogP contribution < -0.4 is 10.1 Å². The average Bonchev–Trinajstić information content (AvgIpc) is 2.52. The lowest BCUT2D eigenvalue weighted by molar-refractivity contribution is -0.120. The summed E-state index contributed by atoms with van der Waals surface area (Å²) in [6.07, 6.45) is 4.19. The van der Waals surface area contributed by atoms with Gasteiger partial charge in [-0.3, -0.25) is 4.79 Å². The van der Waals surface area contributed by atoms with Gasteiger partial charge in [-0.05, 0) is 25.0 Å². The van der Waals surface area contributed by atoms with E-state index in [0.29, 0.717) is 37.4 Å². The van der Waals surface area contributed by atoms with Crippen molar-refractivity contribution in [3.63, 3.8) is 0 Å². The summed E-state index contributed by atoms with van der Waals surface area (Å²) in [7, 11) is -3.26. The number of anilines is 1. The Bertz CT molecular complexity index is 672. The monoisotopic (exact) mass is 338 g/mol. The van der Waals surface area contributed by atoms with E-state index in [0.717, 1.165) is 0 Å². The summed E-state index contributed by atoms with van der Waals surface area (Å²) in [5, 5.41) is 2.83. The van der Waals surface area contributed by atoms with Crippen molar-refractivity contribution in [2.45, 2.75) is 12.8 Å². The van der Waals surface area contributed by atoms with Crippen molar-refractivity contribution in [1.82, 2.24) is 4.31 Å². The molecule has 0 bridgehead atoms. The second-order valence-corrected chi connectivity index (χ2v) is 7.56. The van der Waals surface area contributed by atoms with Crippen LogP contribution in [-0.4, -0.2) is 44.6 Å². The highest BCUT2D eigenvalue weighted by Gasteiger charge is 2.30. The number of hydrogen-bond donors (Lipinski definition) is 1. The molecule has 126 valence electrons. The van der Waals surface area contributed by atoms with Crippen LogP contribution in [0.15, 0.2) is 36.9 Å². The summed E-state index contributed by atoms with van der Waals surface area (Å²) in [6.45, 7) is 4.69. The second kappa shape index (κ2) is 7.61. The largest absolute Gasteiger partial charge is 0.489 e. The molecule has 1 saturated heterocycles. The summed E-state index contributed by atoms with van der Waals surface area (Å²) >= 11 is 0. The number of hydrogen-bond acceptors (Lipinski definition) is 4. The third-order valence-electron chi connectivity index (χ3n) is 3.69. The van der Waals surface area contributed by atoms with Gasteiger partial charge in [0.2, 0.25) is 15.9 Å². The number of ether oxygens (including phenoxy) is 1. The molecule has 1 N–H and O–H groups in total. The molecule has 1 fully saturated rings. The Morgan fingerprint density at radius 3 is 3.00 bits per heavy atom. The zero-order valence-corrected chi connectivity index (χ0v) is 14.0. The number of carbonyl (C=O) groups excluding carboxylic acids is 1. The zero-order chi connectivity index (χ0) is 16.9. The van der Waals surface area contributed by atoms with E-state index in [1.165, 1.54) is 10.6 Å². The summed E-state index contributed by atoms with van der Waals surface area (Å²) in [4.78, 5) is 12.4. The fourth-order valence-corrected chi connectivity index (χ4v) is 3.43. The molecule has 6 nitrogen and oxygen atoms in total. The minimum Gasteiger partial charge on any atom is -0.489 e. The molecule has 1 heterocycles. The highest BCUT2D eigenvalue weighted by molar-refractivity contribution is 7.88. The summed E-state index contributed by atoms with van der Waals surface area (Å²) in [5.41, 5.74) is 0.632. The van der Waals surface area contributed by atoms with Gasteiger partial charge in [0, 0.05) is 24.8 Å². The van der Waals surface area contributed by atoms with Gasteiger partial charge in [0.25, 0.3) is 0 Å². The molecule has 1 aliphatic rings. The lowest BCUT2D eigenvalue weighted by Gasteiger charge is -2.30. The SMILES string of the molecule is C=CCOc1cccc(NC(=O)[C@H]2CCCN(S(C)(=O)=O)C2)c1. The number of rotatable bonds is 6. The quantitative estimate of drug-likeness (QED) is 0.803. The maximum Gasteiger partial charge on any atom is 0.228 e. The van der Waals surface area contributed by atoms with Crippen LogP contribution in [0, 0.1) is 5.92 Å². The number of nitrogens with zero attached hydrogens (tertiary/aromatic N) is 1. The molecular weight excluding hydrogens is 316 g/mol. The molecule has 1 aromatic carbocycles. The Morgan fingerprint density at radius 1 is 1.52 bits per heavy atom. The first kappa shape index (κ1) is 17.5. The number of sulfonamides is 1. The van der Waals surface area contributed by atoms with Crippen LogP contribution in [0.1, 0.15) is 12.8 Å². The molecule has 2 rings (SSSR count). The topological polar surface area (TPSA) is 75.7 Å². The van der Waals surface area contributed by atoms with E-state index in [2.05, 4.69) is 11.9 Å². The minimum atomic E-state index is -3.26. The standard InChI is InChI=1S/C16H22N2O4S/c1-3-10-22-15-8-4-7-14(11-15)17-16(19)13-6-5-9-18(12-13)23(2,20)21/h3-4,7-8,11,13H,1,5-6,9-10,12H2,2H3,(H,17,19)/t13-/m0/s1. The molecule has 0 spiro atoms. The van der Waals surface area contributed by atoms with Crippen LogP contribution in [0.2, 0.25) is 0 Å². The van der Waals surface area contributed by atoms with Gasteiger partial charge in [-0.25, -0.2) is 12.7 Å². The molecular formula is C16H22N2O4S. The van der Waals surface area contributed by atoms with Crippen LogP contribution >= 0.6 is 0 Å². The van der Waals surface area contributed by atoms with Crippen molar-refractivity contribution in [2.24, 2.45) is 5.92 Å². The molecule has 0 aromatic heterocycles. The predicted octanol–water partition coefficient (Wildman–Crippen LogP) is 1.86. The highest BCUT2D eigenvalue weighted by Crippen LogP contribution is 2.22. The third-order valence-corrected chi connectivity index (χ3v) is 4.96. The maximum absolute atomic E-state index is 12.4. The summed E-state index contributed by atoms with van der Waals surface area (Å²) < 4.78 is 30.0. The van der Waals surface area contributed by atoms with E-state index in [4.69, 9.17) is 4.74 Å². The van der Waals surface area contributed by atoms with E-state index in [-0.39, 0.29) is 18.4 Å². The zero-order valence-electron chi connectivity index (χ0n) is 13.2. The number of piperidine rings is 1. The van der Waals surface area contributed by atoms with Crippen molar-refractivity contribution < 1.29 is 17.9 Å². The van der Waals surface area contributed by atoms with E-state index in [1.54, 1.807) is 30.3 Å². The molecule has 1 atom stereocenters. The molecule has 1 aromatic rings. The predicted molar refractivity (Wildman–Crippen MR) is 89.9 cm³/mol. The van der Waals surface area contributed by atoms with E-state index >= 15 is 0 Å². The molecule has 1 amide bonds. The fraction of sp³-hybridized carbons (Fsp3) is 0.438. The Labute approximate surface area is 137 Å². The van der Waals surface area contributed by atoms with Crippen molar-refractivity contribution in [2.75, 3.05) is 31.3 Å². The van der Waals surface area contributed by atoms with Crippen LogP contribution in [0.3, 0.4) is 0 Å². The number of amides is 1. The Hall–Kier alpha value is -1.86. The number of nitrogens with one attached hydrogen (secondary N) is 1. The molecule has 23 heavy (non-hydrogen) atoms. The maximum atomic E-state index is 12.4. The van der Waals surface area contributed by atoms with Gasteiger partial charge in [-0.15, -0.1) is 0 Å². The van der Waals surface area contributed by atoms with Gasteiger partial charge in [0.15, 0.2) is 0 Å². The van der Waals surface area contributed by atoms with E-state index < -0.39 is 10.0 Å². The molecule has 1 aliphatic heterocycles. The van der Waals surface area contributed by atoms with Gasteiger partial charge in [0.05, 0.1) is 12.2 Å². The lowest BCUT2D eigenvalue weighted by Crippen LogP contribution is -2.43. The van der Waals surface area contributed by atoms with E-state index in [9.17, 15) is 13.2 Å². The van der Waals surface area contributed by atoms with Crippen molar-refractivity contribution in [3.05, 3.63) is 36.9 Å². The van der Waals surface area contributed by atoms with Gasteiger partial charge in [-0.2, -0.15) is 0 Å².